The maximum Gasteiger partial charge on any atom is 0.0675 e. The Morgan fingerprint density at radius 2 is 1.82 bits per heavy atom. The Labute approximate surface area is 107 Å². The standard InChI is InChI=1S/C14H30N2O/c1-5-7-14(11-15,8-6-2)16-9-13(4)17-10-12(16)3/h12-13H,5-11,15H2,1-4H3. The Morgan fingerprint density at radius 3 is 2.29 bits per heavy atom. The van der Waals surface area contributed by atoms with Gasteiger partial charge < -0.3 is 10.5 Å². The fourth-order valence-electron chi connectivity index (χ4n) is 3.23. The largest absolute Gasteiger partial charge is 0.376 e. The average Bonchev–Trinajstić information content (AvgIpc) is 2.32. The van der Waals surface area contributed by atoms with Gasteiger partial charge in [0, 0.05) is 24.7 Å². The van der Waals surface area contributed by atoms with Gasteiger partial charge in [-0.2, -0.15) is 0 Å². The number of rotatable bonds is 6. The van der Waals surface area contributed by atoms with Crippen LogP contribution in [0.3, 0.4) is 0 Å². The first-order valence-corrected chi connectivity index (χ1v) is 7.18. The molecule has 1 fully saturated rings. The maximum absolute atomic E-state index is 6.14. The van der Waals surface area contributed by atoms with E-state index in [-0.39, 0.29) is 5.54 Å². The van der Waals surface area contributed by atoms with Crippen molar-refractivity contribution in [3.63, 3.8) is 0 Å². The Morgan fingerprint density at radius 1 is 1.24 bits per heavy atom. The Bertz CT molecular complexity index is 214. The highest BCUT2D eigenvalue weighted by Crippen LogP contribution is 2.31. The zero-order chi connectivity index (χ0) is 12.9. The molecule has 2 atom stereocenters. The molecule has 0 aromatic carbocycles. The van der Waals surface area contributed by atoms with Crippen LogP contribution in [0.1, 0.15) is 53.4 Å². The molecule has 1 aliphatic rings. The summed E-state index contributed by atoms with van der Waals surface area (Å²) in [5.74, 6) is 0. The first-order valence-electron chi connectivity index (χ1n) is 7.18. The molecule has 1 aliphatic heterocycles. The van der Waals surface area contributed by atoms with Gasteiger partial charge in [0.15, 0.2) is 0 Å². The van der Waals surface area contributed by atoms with Crippen LogP contribution in [0.2, 0.25) is 0 Å². The lowest BCUT2D eigenvalue weighted by Gasteiger charge is -2.50. The summed E-state index contributed by atoms with van der Waals surface area (Å²) in [6.45, 7) is 11.6. The van der Waals surface area contributed by atoms with Crippen molar-refractivity contribution in [1.29, 1.82) is 0 Å². The molecule has 1 heterocycles. The Kier molecular flexibility index (Phi) is 5.90. The monoisotopic (exact) mass is 242 g/mol. The molecule has 0 amide bonds. The van der Waals surface area contributed by atoms with Gasteiger partial charge in [-0.25, -0.2) is 0 Å². The van der Waals surface area contributed by atoms with Gasteiger partial charge in [0.2, 0.25) is 0 Å². The molecule has 1 saturated heterocycles. The first-order chi connectivity index (χ1) is 8.09. The number of hydrogen-bond donors (Lipinski definition) is 1. The Hall–Kier alpha value is -0.120. The topological polar surface area (TPSA) is 38.5 Å². The summed E-state index contributed by atoms with van der Waals surface area (Å²) in [6.07, 6.45) is 5.15. The molecule has 0 radical (unpaired) electrons. The van der Waals surface area contributed by atoms with Crippen molar-refractivity contribution in [3.05, 3.63) is 0 Å². The van der Waals surface area contributed by atoms with Crippen LogP contribution in [0.4, 0.5) is 0 Å². The van der Waals surface area contributed by atoms with Crippen molar-refractivity contribution in [2.75, 3.05) is 19.7 Å². The van der Waals surface area contributed by atoms with Gasteiger partial charge in [-0.05, 0) is 26.7 Å². The molecule has 0 bridgehead atoms. The van der Waals surface area contributed by atoms with Gasteiger partial charge in [-0.3, -0.25) is 4.90 Å². The minimum atomic E-state index is 0.195. The quantitative estimate of drug-likeness (QED) is 0.777. The number of nitrogens with zero attached hydrogens (tertiary/aromatic N) is 1. The minimum absolute atomic E-state index is 0.195. The lowest BCUT2D eigenvalue weighted by molar-refractivity contribution is -0.0972. The Balaban J connectivity index is 2.85. The van der Waals surface area contributed by atoms with Gasteiger partial charge in [-0.15, -0.1) is 0 Å². The summed E-state index contributed by atoms with van der Waals surface area (Å²) in [5, 5.41) is 0. The number of ether oxygens (including phenoxy) is 1. The summed E-state index contributed by atoms with van der Waals surface area (Å²) in [4.78, 5) is 2.62. The molecule has 3 nitrogen and oxygen atoms in total. The van der Waals surface area contributed by atoms with E-state index in [9.17, 15) is 0 Å². The molecule has 3 heteroatoms. The summed E-state index contributed by atoms with van der Waals surface area (Å²) in [6, 6.07) is 0.493. The molecule has 1 rings (SSSR count). The zero-order valence-corrected chi connectivity index (χ0v) is 12.0. The maximum atomic E-state index is 6.14. The predicted molar refractivity (Wildman–Crippen MR) is 73.2 cm³/mol. The van der Waals surface area contributed by atoms with Crippen LogP contribution in [0.5, 0.6) is 0 Å². The van der Waals surface area contributed by atoms with Crippen LogP contribution in [0.25, 0.3) is 0 Å². The zero-order valence-electron chi connectivity index (χ0n) is 12.0. The fourth-order valence-corrected chi connectivity index (χ4v) is 3.23. The van der Waals surface area contributed by atoms with E-state index in [1.54, 1.807) is 0 Å². The number of nitrogens with two attached hydrogens (primary N) is 1. The van der Waals surface area contributed by atoms with Crippen LogP contribution >= 0.6 is 0 Å². The third-order valence-corrected chi connectivity index (χ3v) is 4.03. The summed E-state index contributed by atoms with van der Waals surface area (Å²) >= 11 is 0. The van der Waals surface area contributed by atoms with Crippen LogP contribution < -0.4 is 5.73 Å². The molecular formula is C14H30N2O. The van der Waals surface area contributed by atoms with Crippen molar-refractivity contribution in [3.8, 4) is 0 Å². The van der Waals surface area contributed by atoms with Crippen molar-refractivity contribution in [2.45, 2.75) is 71.1 Å². The van der Waals surface area contributed by atoms with Gasteiger partial charge in [0.05, 0.1) is 12.7 Å². The van der Waals surface area contributed by atoms with E-state index in [1.807, 2.05) is 0 Å². The molecule has 0 aromatic rings. The molecule has 102 valence electrons. The van der Waals surface area contributed by atoms with E-state index in [2.05, 4.69) is 32.6 Å². The van der Waals surface area contributed by atoms with Crippen LogP contribution in [0, 0.1) is 0 Å². The van der Waals surface area contributed by atoms with Crippen molar-refractivity contribution in [2.24, 2.45) is 5.73 Å². The first kappa shape index (κ1) is 14.9. The molecule has 0 spiro atoms. The highest BCUT2D eigenvalue weighted by atomic mass is 16.5. The van der Waals surface area contributed by atoms with Crippen molar-refractivity contribution in [1.82, 2.24) is 4.90 Å². The van der Waals surface area contributed by atoms with E-state index >= 15 is 0 Å². The lowest BCUT2D eigenvalue weighted by Crippen LogP contribution is -2.62. The summed E-state index contributed by atoms with van der Waals surface area (Å²) in [5.41, 5.74) is 6.33. The second kappa shape index (κ2) is 6.72. The third kappa shape index (κ3) is 3.43. The van der Waals surface area contributed by atoms with E-state index in [0.717, 1.165) is 19.7 Å². The molecule has 2 N–H and O–H groups in total. The van der Waals surface area contributed by atoms with Gasteiger partial charge in [0.25, 0.3) is 0 Å². The van der Waals surface area contributed by atoms with E-state index in [1.165, 1.54) is 25.7 Å². The van der Waals surface area contributed by atoms with Crippen molar-refractivity contribution < 1.29 is 4.74 Å². The van der Waals surface area contributed by atoms with Gasteiger partial charge in [0.1, 0.15) is 0 Å². The molecular weight excluding hydrogens is 212 g/mol. The molecule has 0 aromatic heterocycles. The normalized spacial score (nSPS) is 27.4. The lowest BCUT2D eigenvalue weighted by atomic mass is 9.85. The number of morpholine rings is 1. The van der Waals surface area contributed by atoms with Crippen LogP contribution in [0.15, 0.2) is 0 Å². The highest BCUT2D eigenvalue weighted by Gasteiger charge is 2.39. The third-order valence-electron chi connectivity index (χ3n) is 4.03. The number of hydrogen-bond acceptors (Lipinski definition) is 3. The van der Waals surface area contributed by atoms with Crippen molar-refractivity contribution >= 4 is 0 Å². The SMILES string of the molecule is CCCC(CN)(CCC)N1CC(C)OCC1C. The summed E-state index contributed by atoms with van der Waals surface area (Å²) < 4.78 is 5.73. The van der Waals surface area contributed by atoms with E-state index < -0.39 is 0 Å². The molecule has 0 saturated carbocycles. The molecule has 0 aliphatic carbocycles. The molecule has 17 heavy (non-hydrogen) atoms. The highest BCUT2D eigenvalue weighted by molar-refractivity contribution is 4.95. The van der Waals surface area contributed by atoms with E-state index in [4.69, 9.17) is 10.5 Å². The smallest absolute Gasteiger partial charge is 0.0675 e. The second-order valence-electron chi connectivity index (χ2n) is 5.57. The van der Waals surface area contributed by atoms with Gasteiger partial charge in [-0.1, -0.05) is 26.7 Å². The van der Waals surface area contributed by atoms with Gasteiger partial charge >= 0.3 is 0 Å². The second-order valence-corrected chi connectivity index (χ2v) is 5.57. The predicted octanol–water partition coefficient (Wildman–Crippen LogP) is 2.39. The van der Waals surface area contributed by atoms with E-state index in [0.29, 0.717) is 12.1 Å². The molecule has 2 unspecified atom stereocenters. The summed E-state index contributed by atoms with van der Waals surface area (Å²) in [7, 11) is 0. The fraction of sp³-hybridized carbons (Fsp3) is 1.00. The van der Waals surface area contributed by atoms with Crippen LogP contribution in [-0.2, 0) is 4.74 Å². The van der Waals surface area contributed by atoms with Crippen LogP contribution in [-0.4, -0.2) is 42.3 Å². The minimum Gasteiger partial charge on any atom is -0.376 e. The average molecular weight is 242 g/mol.